The highest BCUT2D eigenvalue weighted by Crippen LogP contribution is 2.37. The van der Waals surface area contributed by atoms with Crippen molar-refractivity contribution >= 4 is 26.9 Å². The summed E-state index contributed by atoms with van der Waals surface area (Å²) in [6.07, 6.45) is 6.24. The molecule has 0 saturated carbocycles. The van der Waals surface area contributed by atoms with E-state index in [2.05, 4.69) is 0 Å². The number of benzene rings is 2. The van der Waals surface area contributed by atoms with Gasteiger partial charge in [0.15, 0.2) is 0 Å². The Labute approximate surface area is 210 Å². The van der Waals surface area contributed by atoms with Gasteiger partial charge in [0.05, 0.1) is 23.9 Å². The van der Waals surface area contributed by atoms with Crippen LogP contribution in [0.15, 0.2) is 65.9 Å². The Morgan fingerprint density at radius 1 is 1.19 bits per heavy atom. The molecule has 2 aliphatic heterocycles. The van der Waals surface area contributed by atoms with Crippen LogP contribution in [0.3, 0.4) is 0 Å². The molecule has 8 nitrogen and oxygen atoms in total. The maximum absolute atomic E-state index is 13.3. The maximum atomic E-state index is 13.3. The number of carboxylic acids is 1. The van der Waals surface area contributed by atoms with E-state index in [0.717, 1.165) is 22.0 Å². The highest BCUT2D eigenvalue weighted by atomic mass is 32.2. The molecule has 2 unspecified atom stereocenters. The van der Waals surface area contributed by atoms with Crippen molar-refractivity contribution in [1.29, 1.82) is 0 Å². The van der Waals surface area contributed by atoms with E-state index in [1.807, 2.05) is 44.3 Å². The van der Waals surface area contributed by atoms with Crippen molar-refractivity contribution in [1.82, 2.24) is 8.87 Å². The van der Waals surface area contributed by atoms with Crippen LogP contribution in [0.1, 0.15) is 43.2 Å². The Balaban J connectivity index is 1.41. The Morgan fingerprint density at radius 2 is 1.97 bits per heavy atom. The summed E-state index contributed by atoms with van der Waals surface area (Å²) in [6.45, 7) is 5.01. The predicted molar refractivity (Wildman–Crippen MR) is 136 cm³/mol. The van der Waals surface area contributed by atoms with E-state index in [-0.39, 0.29) is 29.4 Å². The first kappa shape index (κ1) is 24.4. The molecule has 0 radical (unpaired) electrons. The van der Waals surface area contributed by atoms with Crippen molar-refractivity contribution in [2.24, 2.45) is 0 Å². The summed E-state index contributed by atoms with van der Waals surface area (Å²) in [4.78, 5) is 11.8. The van der Waals surface area contributed by atoms with E-state index in [1.165, 1.54) is 4.31 Å². The molecule has 3 aromatic rings. The Bertz CT molecular complexity index is 1410. The second kappa shape index (κ2) is 9.63. The monoisotopic (exact) mass is 510 g/mol. The smallest absolute Gasteiger partial charge is 0.323 e. The molecule has 0 aliphatic carbocycles. The number of hydrogen-bond donors (Lipinski definition) is 1. The molecule has 190 valence electrons. The van der Waals surface area contributed by atoms with Gasteiger partial charge in [0, 0.05) is 42.0 Å². The third-order valence-corrected chi connectivity index (χ3v) is 8.66. The third-order valence-electron chi connectivity index (χ3n) is 6.78. The molecular formula is C27H30N2O6S. The van der Waals surface area contributed by atoms with Crippen LogP contribution in [0.25, 0.3) is 10.9 Å². The quantitative estimate of drug-likeness (QED) is 0.485. The van der Waals surface area contributed by atoms with Crippen LogP contribution in [-0.2, 0) is 26.1 Å². The minimum Gasteiger partial charge on any atom is -0.501 e. The van der Waals surface area contributed by atoms with Crippen LogP contribution in [0.4, 0.5) is 0 Å². The van der Waals surface area contributed by atoms with Gasteiger partial charge in [0.2, 0.25) is 10.0 Å². The lowest BCUT2D eigenvalue weighted by Gasteiger charge is -2.17. The highest BCUT2D eigenvalue weighted by Gasteiger charge is 2.34. The predicted octanol–water partition coefficient (Wildman–Crippen LogP) is 4.32. The van der Waals surface area contributed by atoms with Crippen LogP contribution in [0, 0.1) is 0 Å². The summed E-state index contributed by atoms with van der Waals surface area (Å²) in [6, 6.07) is 12.6. The zero-order valence-corrected chi connectivity index (χ0v) is 21.1. The van der Waals surface area contributed by atoms with Crippen molar-refractivity contribution in [3.05, 3.63) is 72.1 Å². The molecule has 9 heteroatoms. The lowest BCUT2D eigenvalue weighted by molar-refractivity contribution is -0.137. The number of aromatic nitrogens is 1. The van der Waals surface area contributed by atoms with Crippen LogP contribution in [0.5, 0.6) is 5.75 Å². The molecule has 1 aromatic heterocycles. The minimum atomic E-state index is -3.65. The SMILES string of the molecule is CC(C)Oc1ccc(S(=O)(=O)N2CCC(c3cn(CC(=O)O)c4cc(C5C=COC5)ccc34)C2)cc1. The zero-order chi connectivity index (χ0) is 25.4. The van der Waals surface area contributed by atoms with Gasteiger partial charge in [-0.2, -0.15) is 4.31 Å². The molecule has 0 amide bonds. The van der Waals surface area contributed by atoms with Gasteiger partial charge in [0.25, 0.3) is 0 Å². The number of sulfonamides is 1. The summed E-state index contributed by atoms with van der Waals surface area (Å²) in [7, 11) is -3.65. The normalized spacial score (nSPS) is 20.3. The molecule has 1 saturated heterocycles. The number of carboxylic acid groups (broad SMARTS) is 1. The lowest BCUT2D eigenvalue weighted by Crippen LogP contribution is -2.28. The van der Waals surface area contributed by atoms with Crippen molar-refractivity contribution in [2.45, 2.75) is 49.6 Å². The average molecular weight is 511 g/mol. The van der Waals surface area contributed by atoms with Gasteiger partial charge < -0.3 is 19.1 Å². The van der Waals surface area contributed by atoms with Gasteiger partial charge in [-0.05, 0) is 67.8 Å². The second-order valence-electron chi connectivity index (χ2n) is 9.64. The largest absolute Gasteiger partial charge is 0.501 e. The van der Waals surface area contributed by atoms with E-state index in [0.29, 0.717) is 31.9 Å². The van der Waals surface area contributed by atoms with Crippen LogP contribution in [0.2, 0.25) is 0 Å². The fraction of sp³-hybridized carbons (Fsp3) is 0.370. The average Bonchev–Trinajstić information content (AvgIpc) is 3.59. The zero-order valence-electron chi connectivity index (χ0n) is 20.3. The van der Waals surface area contributed by atoms with Gasteiger partial charge >= 0.3 is 5.97 Å². The van der Waals surface area contributed by atoms with Gasteiger partial charge in [-0.25, -0.2) is 8.42 Å². The molecule has 5 rings (SSSR count). The lowest BCUT2D eigenvalue weighted by atomic mass is 9.95. The van der Waals surface area contributed by atoms with E-state index >= 15 is 0 Å². The first-order valence-electron chi connectivity index (χ1n) is 12.1. The fourth-order valence-corrected chi connectivity index (χ4v) is 6.55. The van der Waals surface area contributed by atoms with Gasteiger partial charge in [-0.15, -0.1) is 0 Å². The topological polar surface area (TPSA) is 98.1 Å². The van der Waals surface area contributed by atoms with E-state index < -0.39 is 16.0 Å². The number of nitrogens with zero attached hydrogens (tertiary/aromatic N) is 2. The third kappa shape index (κ3) is 4.73. The maximum Gasteiger partial charge on any atom is 0.323 e. The first-order valence-corrected chi connectivity index (χ1v) is 13.6. The molecule has 3 heterocycles. The summed E-state index contributed by atoms with van der Waals surface area (Å²) < 4.78 is 40.9. The summed E-state index contributed by atoms with van der Waals surface area (Å²) in [5.74, 6) is -0.182. The Kier molecular flexibility index (Phi) is 6.53. The summed E-state index contributed by atoms with van der Waals surface area (Å²) in [5, 5.41) is 10.4. The molecular weight excluding hydrogens is 480 g/mol. The molecule has 1 N–H and O–H groups in total. The van der Waals surface area contributed by atoms with E-state index in [9.17, 15) is 18.3 Å². The van der Waals surface area contributed by atoms with Crippen LogP contribution >= 0.6 is 0 Å². The molecule has 2 aromatic carbocycles. The van der Waals surface area contributed by atoms with Gasteiger partial charge in [-0.1, -0.05) is 12.1 Å². The number of ether oxygens (including phenoxy) is 2. The number of carbonyl (C=O) groups is 1. The molecule has 0 spiro atoms. The number of rotatable bonds is 8. The van der Waals surface area contributed by atoms with E-state index in [1.54, 1.807) is 35.1 Å². The highest BCUT2D eigenvalue weighted by molar-refractivity contribution is 7.89. The van der Waals surface area contributed by atoms with Crippen molar-refractivity contribution in [3.8, 4) is 5.75 Å². The van der Waals surface area contributed by atoms with Crippen molar-refractivity contribution in [2.75, 3.05) is 19.7 Å². The Hall–Kier alpha value is -3.30. The molecule has 36 heavy (non-hydrogen) atoms. The van der Waals surface area contributed by atoms with Gasteiger partial charge in [-0.3, -0.25) is 4.79 Å². The number of hydrogen-bond acceptors (Lipinski definition) is 5. The van der Waals surface area contributed by atoms with Gasteiger partial charge in [0.1, 0.15) is 12.3 Å². The molecule has 2 aliphatic rings. The van der Waals surface area contributed by atoms with E-state index in [4.69, 9.17) is 9.47 Å². The fourth-order valence-electron chi connectivity index (χ4n) is 5.05. The Morgan fingerprint density at radius 3 is 2.64 bits per heavy atom. The minimum absolute atomic E-state index is 0.00842. The van der Waals surface area contributed by atoms with Crippen molar-refractivity contribution in [3.63, 3.8) is 0 Å². The van der Waals surface area contributed by atoms with Crippen molar-refractivity contribution < 1.29 is 27.8 Å². The number of fused-ring (bicyclic) bond motifs is 1. The van der Waals surface area contributed by atoms with Crippen LogP contribution < -0.4 is 4.74 Å². The molecule has 1 fully saturated rings. The molecule has 0 bridgehead atoms. The van der Waals surface area contributed by atoms with Crippen LogP contribution in [-0.4, -0.2) is 54.2 Å². The standard InChI is InChI=1S/C27H30N2O6S/c1-18(2)35-22-4-6-23(7-5-22)36(32,33)29-11-9-20(14-29)25-15-28(16-27(30)31)26-13-19(3-8-24(25)26)21-10-12-34-17-21/h3-8,10,12-13,15,18,20-21H,9,11,14,16-17H2,1-2H3,(H,30,31). The number of aliphatic carboxylic acids is 1. The summed E-state index contributed by atoms with van der Waals surface area (Å²) >= 11 is 0. The second-order valence-corrected chi connectivity index (χ2v) is 11.6. The summed E-state index contributed by atoms with van der Waals surface area (Å²) in [5.41, 5.74) is 2.88. The first-order chi connectivity index (χ1) is 17.2. The molecule has 2 atom stereocenters.